The maximum Gasteiger partial charge on any atom is 0.115 e. The molecule has 0 saturated heterocycles. The Labute approximate surface area is 103 Å². The van der Waals surface area contributed by atoms with Crippen LogP contribution in [0.25, 0.3) is 0 Å². The van der Waals surface area contributed by atoms with Gasteiger partial charge in [-0.05, 0) is 18.8 Å². The lowest BCUT2D eigenvalue weighted by atomic mass is 9.85. The van der Waals surface area contributed by atoms with Gasteiger partial charge in [0.15, 0.2) is 0 Å². The molecule has 1 aromatic rings. The molecule has 1 unspecified atom stereocenters. The summed E-state index contributed by atoms with van der Waals surface area (Å²) in [5, 5.41) is 0. The Kier molecular flexibility index (Phi) is 4.88. The average molecular weight is 234 g/mol. The third-order valence-corrected chi connectivity index (χ3v) is 3.77. The monoisotopic (exact) mass is 234 g/mol. The molecule has 1 fully saturated rings. The van der Waals surface area contributed by atoms with Gasteiger partial charge in [0.2, 0.25) is 0 Å². The fraction of sp³-hybridized carbons (Fsp3) is 0.692. The largest absolute Gasteiger partial charge is 0.271 e. The lowest BCUT2D eigenvalue weighted by molar-refractivity contribution is 0.314. The van der Waals surface area contributed by atoms with E-state index in [-0.39, 0.29) is 6.04 Å². The number of hydrazine groups is 1. The summed E-state index contributed by atoms with van der Waals surface area (Å²) in [6.45, 7) is 0. The predicted molar refractivity (Wildman–Crippen MR) is 67.9 cm³/mol. The van der Waals surface area contributed by atoms with E-state index >= 15 is 0 Å². The number of hydrogen-bond acceptors (Lipinski definition) is 4. The summed E-state index contributed by atoms with van der Waals surface area (Å²) in [7, 11) is 0. The van der Waals surface area contributed by atoms with E-state index < -0.39 is 0 Å². The topological polar surface area (TPSA) is 63.8 Å². The van der Waals surface area contributed by atoms with Gasteiger partial charge < -0.3 is 0 Å². The molecule has 0 aliphatic heterocycles. The highest BCUT2D eigenvalue weighted by molar-refractivity contribution is 5.08. The van der Waals surface area contributed by atoms with Crippen LogP contribution in [0.2, 0.25) is 0 Å². The van der Waals surface area contributed by atoms with Gasteiger partial charge >= 0.3 is 0 Å². The molecule has 4 nitrogen and oxygen atoms in total. The molecule has 1 aromatic heterocycles. The Balaban J connectivity index is 1.83. The molecule has 3 N–H and O–H groups in total. The Bertz CT molecular complexity index is 308. The second-order valence-electron chi connectivity index (χ2n) is 4.97. The zero-order valence-corrected chi connectivity index (χ0v) is 10.3. The van der Waals surface area contributed by atoms with Crippen molar-refractivity contribution in [2.45, 2.75) is 51.0 Å². The molecule has 4 heteroatoms. The van der Waals surface area contributed by atoms with Crippen LogP contribution in [-0.4, -0.2) is 9.97 Å². The van der Waals surface area contributed by atoms with E-state index in [9.17, 15) is 0 Å². The predicted octanol–water partition coefficient (Wildman–Crippen LogP) is 2.34. The summed E-state index contributed by atoms with van der Waals surface area (Å²) >= 11 is 0. The van der Waals surface area contributed by atoms with Gasteiger partial charge in [-0.2, -0.15) is 0 Å². The maximum absolute atomic E-state index is 5.61. The van der Waals surface area contributed by atoms with Crippen molar-refractivity contribution in [1.82, 2.24) is 15.4 Å². The molecular formula is C13H22N4. The number of nitrogens with two attached hydrogens (primary N) is 1. The van der Waals surface area contributed by atoms with Crippen LogP contribution in [0.15, 0.2) is 18.7 Å². The number of hydrogen-bond donors (Lipinski definition) is 2. The second kappa shape index (κ2) is 6.67. The highest BCUT2D eigenvalue weighted by atomic mass is 15.2. The van der Waals surface area contributed by atoms with Crippen LogP contribution in [0, 0.1) is 5.92 Å². The van der Waals surface area contributed by atoms with Crippen LogP contribution in [0.4, 0.5) is 0 Å². The molecule has 1 aliphatic rings. The van der Waals surface area contributed by atoms with Gasteiger partial charge in [0.25, 0.3) is 0 Å². The van der Waals surface area contributed by atoms with E-state index in [2.05, 4.69) is 15.4 Å². The first kappa shape index (κ1) is 12.5. The third kappa shape index (κ3) is 3.75. The van der Waals surface area contributed by atoms with Crippen molar-refractivity contribution >= 4 is 0 Å². The van der Waals surface area contributed by atoms with Crippen molar-refractivity contribution in [2.24, 2.45) is 11.8 Å². The fourth-order valence-corrected chi connectivity index (χ4v) is 2.71. The standard InChI is InChI=1S/C13H22N4/c14-17-13(12-8-15-10-16-9-12)7-6-11-4-2-1-3-5-11/h8-11,13,17H,1-7,14H2. The second-order valence-corrected chi connectivity index (χ2v) is 4.97. The van der Waals surface area contributed by atoms with Gasteiger partial charge in [0.1, 0.15) is 6.33 Å². The minimum atomic E-state index is 0.193. The zero-order chi connectivity index (χ0) is 11.9. The van der Waals surface area contributed by atoms with Crippen molar-refractivity contribution in [3.63, 3.8) is 0 Å². The number of nitrogens with zero attached hydrogens (tertiary/aromatic N) is 2. The molecule has 0 spiro atoms. The summed E-state index contributed by atoms with van der Waals surface area (Å²) in [6.07, 6.45) is 14.6. The maximum atomic E-state index is 5.61. The average Bonchev–Trinajstić information content (AvgIpc) is 2.42. The minimum Gasteiger partial charge on any atom is -0.271 e. The molecule has 1 heterocycles. The highest BCUT2D eigenvalue weighted by Gasteiger charge is 2.16. The van der Waals surface area contributed by atoms with Crippen LogP contribution in [0.5, 0.6) is 0 Å². The molecule has 0 aromatic carbocycles. The van der Waals surface area contributed by atoms with Gasteiger partial charge in [0.05, 0.1) is 0 Å². The molecule has 1 atom stereocenters. The molecule has 0 radical (unpaired) electrons. The SMILES string of the molecule is NNC(CCC1CCCCC1)c1cncnc1. The smallest absolute Gasteiger partial charge is 0.115 e. The van der Waals surface area contributed by atoms with E-state index in [0.717, 1.165) is 17.9 Å². The van der Waals surface area contributed by atoms with Crippen LogP contribution in [-0.2, 0) is 0 Å². The molecule has 2 rings (SSSR count). The number of aromatic nitrogens is 2. The Morgan fingerprint density at radius 2 is 1.94 bits per heavy atom. The fourth-order valence-electron chi connectivity index (χ4n) is 2.71. The summed E-state index contributed by atoms with van der Waals surface area (Å²) < 4.78 is 0. The lowest BCUT2D eigenvalue weighted by Gasteiger charge is -2.23. The van der Waals surface area contributed by atoms with Crippen LogP contribution >= 0.6 is 0 Å². The first-order valence-corrected chi connectivity index (χ1v) is 6.61. The van der Waals surface area contributed by atoms with E-state index in [1.807, 2.05) is 12.4 Å². The van der Waals surface area contributed by atoms with E-state index in [4.69, 9.17) is 5.84 Å². The number of nitrogens with one attached hydrogen (secondary N) is 1. The Morgan fingerprint density at radius 3 is 2.59 bits per heavy atom. The number of rotatable bonds is 5. The van der Waals surface area contributed by atoms with Gasteiger partial charge in [-0.1, -0.05) is 32.1 Å². The van der Waals surface area contributed by atoms with Crippen molar-refractivity contribution in [1.29, 1.82) is 0 Å². The zero-order valence-electron chi connectivity index (χ0n) is 10.3. The molecule has 17 heavy (non-hydrogen) atoms. The quantitative estimate of drug-likeness (QED) is 0.606. The molecule has 0 bridgehead atoms. The summed E-state index contributed by atoms with van der Waals surface area (Å²) in [5.74, 6) is 6.51. The Hall–Kier alpha value is -1.00. The van der Waals surface area contributed by atoms with Crippen LogP contribution < -0.4 is 11.3 Å². The normalized spacial score (nSPS) is 19.1. The van der Waals surface area contributed by atoms with Crippen LogP contribution in [0.1, 0.15) is 56.6 Å². The first-order chi connectivity index (χ1) is 8.40. The molecule has 94 valence electrons. The van der Waals surface area contributed by atoms with E-state index in [1.165, 1.54) is 38.5 Å². The van der Waals surface area contributed by atoms with Gasteiger partial charge in [-0.25, -0.2) is 9.97 Å². The summed E-state index contributed by atoms with van der Waals surface area (Å²) in [4.78, 5) is 8.08. The van der Waals surface area contributed by atoms with Crippen molar-refractivity contribution in [3.05, 3.63) is 24.3 Å². The van der Waals surface area contributed by atoms with Crippen molar-refractivity contribution < 1.29 is 0 Å². The molecule has 0 amide bonds. The summed E-state index contributed by atoms with van der Waals surface area (Å²) in [5.41, 5.74) is 3.97. The summed E-state index contributed by atoms with van der Waals surface area (Å²) in [6, 6.07) is 0.193. The van der Waals surface area contributed by atoms with Crippen LogP contribution in [0.3, 0.4) is 0 Å². The van der Waals surface area contributed by atoms with Crippen molar-refractivity contribution in [3.8, 4) is 0 Å². The first-order valence-electron chi connectivity index (χ1n) is 6.61. The third-order valence-electron chi connectivity index (χ3n) is 3.77. The Morgan fingerprint density at radius 1 is 1.24 bits per heavy atom. The highest BCUT2D eigenvalue weighted by Crippen LogP contribution is 2.29. The molecule has 1 saturated carbocycles. The van der Waals surface area contributed by atoms with E-state index in [1.54, 1.807) is 6.33 Å². The van der Waals surface area contributed by atoms with Gasteiger partial charge in [-0.15, -0.1) is 0 Å². The van der Waals surface area contributed by atoms with E-state index in [0.29, 0.717) is 0 Å². The van der Waals surface area contributed by atoms with Gasteiger partial charge in [0, 0.05) is 24.0 Å². The molecular weight excluding hydrogens is 212 g/mol. The molecule has 1 aliphatic carbocycles. The lowest BCUT2D eigenvalue weighted by Crippen LogP contribution is -2.28. The minimum absolute atomic E-state index is 0.193. The van der Waals surface area contributed by atoms with Crippen molar-refractivity contribution in [2.75, 3.05) is 0 Å². The van der Waals surface area contributed by atoms with Gasteiger partial charge in [-0.3, -0.25) is 11.3 Å².